The number of nitriles is 1. The van der Waals surface area contributed by atoms with Gasteiger partial charge in [0.15, 0.2) is 0 Å². The van der Waals surface area contributed by atoms with Gasteiger partial charge in [-0.2, -0.15) is 5.26 Å². The predicted octanol–water partition coefficient (Wildman–Crippen LogP) is 3.34. The van der Waals surface area contributed by atoms with E-state index in [1.165, 1.54) is 19.3 Å². The van der Waals surface area contributed by atoms with Gasteiger partial charge in [-0.3, -0.25) is 4.79 Å². The fraction of sp³-hybridized carbons (Fsp3) is 0.850. The zero-order valence-corrected chi connectivity index (χ0v) is 16.9. The Hall–Kier alpha value is -1.77. The molecular weight excluding hydrogens is 328 g/mol. The van der Waals surface area contributed by atoms with Gasteiger partial charge in [0.2, 0.25) is 5.91 Å². The van der Waals surface area contributed by atoms with Crippen LogP contribution < -0.4 is 16.0 Å². The molecule has 0 aromatic carbocycles. The quantitative estimate of drug-likeness (QED) is 0.548. The highest BCUT2D eigenvalue weighted by molar-refractivity contribution is 5.87. The Morgan fingerprint density at radius 2 is 1.81 bits per heavy atom. The monoisotopic (exact) mass is 364 g/mol. The number of carbonyl (C=O) groups excluding carboxylic acids is 2. The Morgan fingerprint density at radius 1 is 1.15 bits per heavy atom. The molecule has 26 heavy (non-hydrogen) atoms. The van der Waals surface area contributed by atoms with Crippen LogP contribution in [-0.2, 0) is 4.79 Å². The number of carbonyl (C=O) groups is 2. The van der Waals surface area contributed by atoms with Crippen LogP contribution >= 0.6 is 0 Å². The minimum Gasteiger partial charge on any atom is -0.341 e. The molecule has 0 unspecified atom stereocenters. The molecule has 0 radical (unpaired) electrons. The van der Waals surface area contributed by atoms with Crippen LogP contribution in [0.5, 0.6) is 0 Å². The second-order valence-corrected chi connectivity index (χ2v) is 8.76. The van der Waals surface area contributed by atoms with Crippen molar-refractivity contribution in [3.63, 3.8) is 0 Å². The molecule has 3 N–H and O–H groups in total. The fourth-order valence-electron chi connectivity index (χ4n) is 3.94. The maximum atomic E-state index is 12.4. The standard InChI is InChI=1S/C20H36N4O2/c1-15(2)13-20(3,4)14-23-19(26)24-17(18(25)22-11-10-21)12-16-8-6-5-7-9-16/h15-17H,5-9,11-14H2,1-4H3,(H,22,25)(H2,23,24,26)/t17-/m0/s1. The van der Waals surface area contributed by atoms with Gasteiger partial charge in [0, 0.05) is 6.54 Å². The second kappa shape index (κ2) is 11.1. The van der Waals surface area contributed by atoms with Crippen molar-refractivity contribution in [2.24, 2.45) is 17.3 Å². The summed E-state index contributed by atoms with van der Waals surface area (Å²) in [7, 11) is 0. The molecule has 0 saturated heterocycles. The number of urea groups is 1. The summed E-state index contributed by atoms with van der Waals surface area (Å²) < 4.78 is 0. The van der Waals surface area contributed by atoms with Crippen molar-refractivity contribution in [2.45, 2.75) is 78.7 Å². The highest BCUT2D eigenvalue weighted by atomic mass is 16.2. The number of amides is 3. The SMILES string of the molecule is CC(C)CC(C)(C)CNC(=O)N[C@@H](CC1CCCCC1)C(=O)NCC#N. The maximum Gasteiger partial charge on any atom is 0.315 e. The molecule has 1 saturated carbocycles. The summed E-state index contributed by atoms with van der Waals surface area (Å²) in [4.78, 5) is 24.7. The largest absolute Gasteiger partial charge is 0.341 e. The summed E-state index contributed by atoms with van der Waals surface area (Å²) in [5, 5.41) is 17.0. The summed E-state index contributed by atoms with van der Waals surface area (Å²) in [5.74, 6) is 0.749. The molecule has 0 heterocycles. The molecule has 6 nitrogen and oxygen atoms in total. The van der Waals surface area contributed by atoms with Gasteiger partial charge in [0.25, 0.3) is 0 Å². The van der Waals surface area contributed by atoms with Crippen LogP contribution in [0.25, 0.3) is 0 Å². The highest BCUT2D eigenvalue weighted by Gasteiger charge is 2.27. The third-order valence-electron chi connectivity index (χ3n) is 4.95. The molecule has 1 fully saturated rings. The third-order valence-corrected chi connectivity index (χ3v) is 4.95. The summed E-state index contributed by atoms with van der Waals surface area (Å²) in [6.07, 6.45) is 7.49. The van der Waals surface area contributed by atoms with Crippen molar-refractivity contribution in [3.05, 3.63) is 0 Å². The van der Waals surface area contributed by atoms with E-state index in [-0.39, 0.29) is 23.9 Å². The molecule has 1 rings (SSSR count). The topological polar surface area (TPSA) is 94.0 Å². The summed E-state index contributed by atoms with van der Waals surface area (Å²) >= 11 is 0. The third kappa shape index (κ3) is 9.07. The molecule has 0 bridgehead atoms. The Morgan fingerprint density at radius 3 is 2.38 bits per heavy atom. The smallest absolute Gasteiger partial charge is 0.315 e. The maximum absolute atomic E-state index is 12.4. The van der Waals surface area contributed by atoms with Crippen molar-refractivity contribution in [1.29, 1.82) is 5.26 Å². The van der Waals surface area contributed by atoms with Crippen LogP contribution in [0.4, 0.5) is 4.79 Å². The van der Waals surface area contributed by atoms with Crippen LogP contribution in [0.2, 0.25) is 0 Å². The van der Waals surface area contributed by atoms with Crippen molar-refractivity contribution >= 4 is 11.9 Å². The lowest BCUT2D eigenvalue weighted by atomic mass is 9.84. The van der Waals surface area contributed by atoms with Gasteiger partial charge >= 0.3 is 6.03 Å². The molecule has 1 atom stereocenters. The fourth-order valence-corrected chi connectivity index (χ4v) is 3.94. The van der Waals surface area contributed by atoms with E-state index in [2.05, 4.69) is 43.6 Å². The molecule has 1 aliphatic rings. The van der Waals surface area contributed by atoms with Crippen LogP contribution in [0.3, 0.4) is 0 Å². The summed E-state index contributed by atoms with van der Waals surface area (Å²) in [6.45, 7) is 9.12. The summed E-state index contributed by atoms with van der Waals surface area (Å²) in [6, 6.07) is 1.02. The first kappa shape index (κ1) is 22.3. The van der Waals surface area contributed by atoms with Crippen LogP contribution in [0.1, 0.15) is 72.6 Å². The molecular formula is C20H36N4O2. The molecule has 0 aliphatic heterocycles. The van der Waals surface area contributed by atoms with Crippen molar-refractivity contribution in [3.8, 4) is 6.07 Å². The second-order valence-electron chi connectivity index (χ2n) is 8.76. The highest BCUT2D eigenvalue weighted by Crippen LogP contribution is 2.27. The Balaban J connectivity index is 2.58. The zero-order chi connectivity index (χ0) is 19.6. The van der Waals surface area contributed by atoms with Gasteiger partial charge in [-0.15, -0.1) is 0 Å². The van der Waals surface area contributed by atoms with E-state index in [0.29, 0.717) is 24.8 Å². The lowest BCUT2D eigenvalue weighted by Crippen LogP contribution is -2.52. The summed E-state index contributed by atoms with van der Waals surface area (Å²) in [5.41, 5.74) is 0.00738. The van der Waals surface area contributed by atoms with E-state index in [9.17, 15) is 9.59 Å². The molecule has 0 aromatic heterocycles. The predicted molar refractivity (Wildman–Crippen MR) is 103 cm³/mol. The van der Waals surface area contributed by atoms with Gasteiger partial charge in [-0.05, 0) is 30.1 Å². The van der Waals surface area contributed by atoms with Gasteiger partial charge in [0.05, 0.1) is 6.07 Å². The lowest BCUT2D eigenvalue weighted by molar-refractivity contribution is -0.123. The number of hydrogen-bond donors (Lipinski definition) is 3. The average molecular weight is 365 g/mol. The van der Waals surface area contributed by atoms with Gasteiger partial charge in [0.1, 0.15) is 12.6 Å². The Kier molecular flexibility index (Phi) is 9.47. The molecule has 0 spiro atoms. The van der Waals surface area contributed by atoms with Crippen LogP contribution in [-0.4, -0.2) is 31.1 Å². The molecule has 1 aliphatic carbocycles. The zero-order valence-electron chi connectivity index (χ0n) is 16.9. The minimum atomic E-state index is -0.584. The average Bonchev–Trinajstić information content (AvgIpc) is 2.57. The van der Waals surface area contributed by atoms with E-state index >= 15 is 0 Å². The van der Waals surface area contributed by atoms with E-state index < -0.39 is 6.04 Å². The number of hydrogen-bond acceptors (Lipinski definition) is 3. The molecule has 148 valence electrons. The van der Waals surface area contributed by atoms with E-state index in [1.807, 2.05) is 6.07 Å². The first-order chi connectivity index (χ1) is 12.2. The number of nitrogens with zero attached hydrogens (tertiary/aromatic N) is 1. The van der Waals surface area contributed by atoms with Crippen LogP contribution in [0, 0.1) is 28.6 Å². The van der Waals surface area contributed by atoms with Crippen LogP contribution in [0.15, 0.2) is 0 Å². The van der Waals surface area contributed by atoms with Gasteiger partial charge in [-0.25, -0.2) is 4.79 Å². The van der Waals surface area contributed by atoms with Crippen molar-refractivity contribution in [1.82, 2.24) is 16.0 Å². The Labute approximate surface area is 158 Å². The van der Waals surface area contributed by atoms with Gasteiger partial charge < -0.3 is 16.0 Å². The van der Waals surface area contributed by atoms with Crippen molar-refractivity contribution < 1.29 is 9.59 Å². The van der Waals surface area contributed by atoms with Gasteiger partial charge in [-0.1, -0.05) is 59.8 Å². The van der Waals surface area contributed by atoms with Crippen molar-refractivity contribution in [2.75, 3.05) is 13.1 Å². The number of nitrogens with one attached hydrogen (secondary N) is 3. The first-order valence-corrected chi connectivity index (χ1v) is 9.92. The van der Waals surface area contributed by atoms with E-state index in [1.54, 1.807) is 0 Å². The molecule has 0 aromatic rings. The first-order valence-electron chi connectivity index (χ1n) is 9.92. The number of rotatable bonds is 9. The van der Waals surface area contributed by atoms with E-state index in [0.717, 1.165) is 19.3 Å². The Bertz CT molecular complexity index is 491. The van der Waals surface area contributed by atoms with E-state index in [4.69, 9.17) is 5.26 Å². The molecule has 6 heteroatoms. The normalized spacial score (nSPS) is 16.6. The minimum absolute atomic E-state index is 0.00738. The molecule has 3 amide bonds. The lowest BCUT2D eigenvalue weighted by Gasteiger charge is -2.29.